The number of carbonyl (C=O) groups excluding carboxylic acids is 7. The number of amides is 10. The van der Waals surface area contributed by atoms with E-state index in [1.54, 1.807) is 36.4 Å². The first-order valence-corrected chi connectivity index (χ1v) is 11.2. The Bertz CT molecular complexity index is 1210. The maximum absolute atomic E-state index is 13.6. The van der Waals surface area contributed by atoms with Crippen LogP contribution >= 0.6 is 0 Å². The fraction of sp³-hybridized carbons (Fsp3) is 0.240. The van der Waals surface area contributed by atoms with Crippen LogP contribution in [0.1, 0.15) is 37.8 Å². The fourth-order valence-corrected chi connectivity index (χ4v) is 4.71. The highest BCUT2D eigenvalue weighted by molar-refractivity contribution is 6.34. The molecule has 10 amide bonds. The molecule has 0 unspecified atom stereocenters. The highest BCUT2D eigenvalue weighted by Gasteiger charge is 2.61. The molecule has 2 aromatic carbocycles. The van der Waals surface area contributed by atoms with Gasteiger partial charge < -0.3 is 0 Å². The zero-order chi connectivity index (χ0) is 26.3. The largest absolute Gasteiger partial charge is 0.350 e. The fourth-order valence-electron chi connectivity index (χ4n) is 4.71. The number of nitrogens with zero attached hydrogens (tertiary/aromatic N) is 2. The van der Waals surface area contributed by atoms with Crippen LogP contribution in [0.5, 0.6) is 0 Å². The summed E-state index contributed by atoms with van der Waals surface area (Å²) in [6.45, 7) is 3.05. The Labute approximate surface area is 205 Å². The number of imide groups is 8. The molecule has 0 spiro atoms. The van der Waals surface area contributed by atoms with Crippen LogP contribution in [-0.4, -0.2) is 51.5 Å². The lowest BCUT2D eigenvalue weighted by Gasteiger charge is -2.42. The van der Waals surface area contributed by atoms with Crippen molar-refractivity contribution in [1.82, 2.24) is 20.4 Å². The van der Waals surface area contributed by atoms with E-state index in [4.69, 9.17) is 0 Å². The maximum atomic E-state index is 13.6. The smallest absolute Gasteiger partial charge is 0.276 e. The minimum Gasteiger partial charge on any atom is -0.276 e. The van der Waals surface area contributed by atoms with Crippen LogP contribution in [0, 0.1) is 0 Å². The van der Waals surface area contributed by atoms with Gasteiger partial charge in [0.15, 0.2) is 10.8 Å². The summed E-state index contributed by atoms with van der Waals surface area (Å²) in [4.78, 5) is 92.3. The predicted octanol–water partition coefficient (Wildman–Crippen LogP) is 1.96. The van der Waals surface area contributed by atoms with Crippen LogP contribution in [0.2, 0.25) is 0 Å². The van der Waals surface area contributed by atoms with Crippen molar-refractivity contribution in [3.8, 4) is 0 Å². The average molecular weight is 490 g/mol. The number of barbiturate groups is 2. The van der Waals surface area contributed by atoms with Gasteiger partial charge in [-0.1, -0.05) is 74.5 Å². The van der Waals surface area contributed by atoms with E-state index in [1.165, 1.54) is 38.1 Å². The molecule has 0 saturated carbocycles. The Kier molecular flexibility index (Phi) is 6.00. The highest BCUT2D eigenvalue weighted by Crippen LogP contribution is 2.37. The first-order chi connectivity index (χ1) is 17.2. The first-order valence-electron chi connectivity index (χ1n) is 11.2. The number of carbonyl (C=O) groups is 7. The Hall–Kier alpha value is -4.67. The molecule has 2 saturated heterocycles. The predicted molar refractivity (Wildman–Crippen MR) is 123 cm³/mol. The van der Waals surface area contributed by atoms with Crippen molar-refractivity contribution in [1.29, 1.82) is 0 Å². The van der Waals surface area contributed by atoms with Gasteiger partial charge in [0.1, 0.15) is 0 Å². The molecular weight excluding hydrogens is 468 g/mol. The lowest BCUT2D eigenvalue weighted by atomic mass is 9.74. The van der Waals surface area contributed by atoms with Crippen LogP contribution in [-0.2, 0) is 30.0 Å². The quantitative estimate of drug-likeness (QED) is 0.622. The van der Waals surface area contributed by atoms with E-state index < -0.39 is 52.6 Å². The minimum atomic E-state index is -1.96. The Morgan fingerprint density at radius 2 is 0.972 bits per heavy atom. The van der Waals surface area contributed by atoms with Crippen molar-refractivity contribution in [2.75, 3.05) is 0 Å². The molecule has 2 aliphatic rings. The average Bonchev–Trinajstić information content (AvgIpc) is 2.86. The van der Waals surface area contributed by atoms with Crippen LogP contribution in [0.4, 0.5) is 14.4 Å². The van der Waals surface area contributed by atoms with Crippen molar-refractivity contribution in [2.24, 2.45) is 0 Å². The van der Waals surface area contributed by atoms with Crippen molar-refractivity contribution < 1.29 is 33.6 Å². The molecule has 11 nitrogen and oxygen atoms in total. The maximum Gasteiger partial charge on any atom is 0.350 e. The third kappa shape index (κ3) is 3.23. The van der Waals surface area contributed by atoms with E-state index in [9.17, 15) is 33.6 Å². The number of rotatable bonds is 4. The molecule has 11 heteroatoms. The Morgan fingerprint density at radius 1 is 0.639 bits per heavy atom. The van der Waals surface area contributed by atoms with Gasteiger partial charge in [-0.15, -0.1) is 0 Å². The second-order valence-electron chi connectivity index (χ2n) is 8.33. The van der Waals surface area contributed by atoms with E-state index >= 15 is 0 Å². The van der Waals surface area contributed by atoms with E-state index in [2.05, 4.69) is 0 Å². The molecule has 2 heterocycles. The third-order valence-corrected chi connectivity index (χ3v) is 6.74. The van der Waals surface area contributed by atoms with Crippen molar-refractivity contribution in [2.45, 2.75) is 37.5 Å². The van der Waals surface area contributed by atoms with E-state index in [1.807, 2.05) is 10.6 Å². The van der Waals surface area contributed by atoms with Gasteiger partial charge in [-0.05, 0) is 24.0 Å². The second kappa shape index (κ2) is 8.84. The molecule has 4 rings (SSSR count). The van der Waals surface area contributed by atoms with Gasteiger partial charge in [-0.25, -0.2) is 14.4 Å². The second-order valence-corrected chi connectivity index (χ2v) is 8.33. The summed E-state index contributed by atoms with van der Waals surface area (Å²) in [5.74, 6) is -4.30. The van der Waals surface area contributed by atoms with Crippen LogP contribution in [0.15, 0.2) is 60.7 Å². The lowest BCUT2D eigenvalue weighted by molar-refractivity contribution is -0.144. The molecule has 36 heavy (non-hydrogen) atoms. The van der Waals surface area contributed by atoms with Crippen molar-refractivity contribution >= 4 is 41.7 Å². The molecule has 2 atom stereocenters. The van der Waals surface area contributed by atoms with Gasteiger partial charge in [-0.2, -0.15) is 9.80 Å². The number of urea groups is 3. The SMILES string of the molecule is CC[C@@]1(c2ccccc2)C(=O)NC(=O)N(C(=O)N2C(=O)NC(=O)[C@@](CC)(c3ccccc3)C2=O)C1=O. The summed E-state index contributed by atoms with van der Waals surface area (Å²) < 4.78 is 0. The highest BCUT2D eigenvalue weighted by atomic mass is 16.2. The molecule has 0 bridgehead atoms. The van der Waals surface area contributed by atoms with Gasteiger partial charge in [0.25, 0.3) is 11.8 Å². The number of hydrogen-bond donors (Lipinski definition) is 2. The first kappa shape index (κ1) is 24.5. The van der Waals surface area contributed by atoms with E-state index in [0.717, 1.165) is 0 Å². The van der Waals surface area contributed by atoms with Gasteiger partial charge in [0.2, 0.25) is 11.8 Å². The molecule has 184 valence electrons. The van der Waals surface area contributed by atoms with Crippen LogP contribution in [0.25, 0.3) is 0 Å². The lowest BCUT2D eigenvalue weighted by Crippen LogP contribution is -2.73. The molecule has 0 aromatic heterocycles. The molecule has 2 aromatic rings. The minimum absolute atomic E-state index is 0.0661. The standard InChI is InChI=1S/C25H22N4O7/c1-3-24(15-11-7-5-8-12-15)17(30)26-21(34)28(19(24)32)23(36)29-20(33)25(4-2,18(31)27-22(29)35)16-13-9-6-10-14-16/h5-14H,3-4H2,1-2H3,(H,26,30,34)(H,27,31,35)/t24-,25-/m1/s1. The molecule has 2 aliphatic heterocycles. The Morgan fingerprint density at radius 3 is 1.28 bits per heavy atom. The molecular formula is C25H22N4O7. The van der Waals surface area contributed by atoms with Crippen LogP contribution < -0.4 is 10.6 Å². The van der Waals surface area contributed by atoms with Crippen molar-refractivity contribution in [3.63, 3.8) is 0 Å². The topological polar surface area (TPSA) is 150 Å². The summed E-state index contributed by atoms with van der Waals surface area (Å²) in [6, 6.07) is 11.2. The van der Waals surface area contributed by atoms with Crippen molar-refractivity contribution in [3.05, 3.63) is 71.8 Å². The zero-order valence-corrected chi connectivity index (χ0v) is 19.4. The van der Waals surface area contributed by atoms with Gasteiger partial charge in [0, 0.05) is 0 Å². The van der Waals surface area contributed by atoms with Crippen LogP contribution in [0.3, 0.4) is 0 Å². The zero-order valence-electron chi connectivity index (χ0n) is 19.4. The summed E-state index contributed by atoms with van der Waals surface area (Å²) in [5.41, 5.74) is -3.48. The summed E-state index contributed by atoms with van der Waals surface area (Å²) in [7, 11) is 0. The normalized spacial score (nSPS) is 24.5. The summed E-state index contributed by atoms with van der Waals surface area (Å²) in [5, 5.41) is 3.99. The van der Waals surface area contributed by atoms with Gasteiger partial charge >= 0.3 is 18.1 Å². The van der Waals surface area contributed by atoms with Gasteiger partial charge in [-0.3, -0.25) is 29.8 Å². The molecule has 0 radical (unpaired) electrons. The molecule has 2 N–H and O–H groups in total. The van der Waals surface area contributed by atoms with Gasteiger partial charge in [0.05, 0.1) is 0 Å². The molecule has 0 aliphatic carbocycles. The number of benzene rings is 2. The monoisotopic (exact) mass is 490 g/mol. The third-order valence-electron chi connectivity index (χ3n) is 6.74. The number of nitrogens with one attached hydrogen (secondary N) is 2. The van der Waals surface area contributed by atoms with E-state index in [0.29, 0.717) is 0 Å². The Balaban J connectivity index is 1.81. The summed E-state index contributed by atoms with van der Waals surface area (Å²) in [6.07, 6.45) is -0.249. The number of hydrogen-bond acceptors (Lipinski definition) is 7. The summed E-state index contributed by atoms with van der Waals surface area (Å²) >= 11 is 0. The molecule has 2 fully saturated rings. The van der Waals surface area contributed by atoms with E-state index in [-0.39, 0.29) is 33.8 Å².